The number of aliphatic carboxylic acids is 1. The van der Waals surface area contributed by atoms with Gasteiger partial charge in [-0.25, -0.2) is 9.78 Å². The summed E-state index contributed by atoms with van der Waals surface area (Å²) in [4.78, 5) is 20.4. The van der Waals surface area contributed by atoms with Crippen LogP contribution in [0.3, 0.4) is 0 Å². The molecule has 1 heterocycles. The number of imidazole rings is 1. The molecule has 0 saturated heterocycles. The van der Waals surface area contributed by atoms with E-state index in [4.69, 9.17) is 22.1 Å². The van der Waals surface area contributed by atoms with E-state index in [0.717, 1.165) is 21.1 Å². The van der Waals surface area contributed by atoms with Gasteiger partial charge in [0.15, 0.2) is 5.54 Å². The maximum Gasteiger partial charge on any atom is 0.331 e. The third kappa shape index (κ3) is 5.39. The zero-order chi connectivity index (χ0) is 23.4. The SMILES string of the molecule is C[C@](N)(C(=O)O)c1ncc(-c2ccc(Sc3cccc(OCc4ccccc4)c3)cc2Cl)[nH]1. The molecular weight excluding hydrogens is 458 g/mol. The molecule has 8 heteroatoms. The number of carbonyl (C=O) groups is 1. The normalized spacial score (nSPS) is 12.8. The monoisotopic (exact) mass is 479 g/mol. The van der Waals surface area contributed by atoms with Crippen LogP contribution < -0.4 is 10.5 Å². The van der Waals surface area contributed by atoms with E-state index in [1.165, 1.54) is 13.1 Å². The maximum atomic E-state index is 11.4. The van der Waals surface area contributed by atoms with Crippen LogP contribution in [0.25, 0.3) is 11.3 Å². The summed E-state index contributed by atoms with van der Waals surface area (Å²) >= 11 is 8.10. The number of aromatic amines is 1. The van der Waals surface area contributed by atoms with Crippen molar-refractivity contribution in [3.05, 3.63) is 95.4 Å². The molecule has 0 aliphatic heterocycles. The second-order valence-electron chi connectivity index (χ2n) is 7.65. The van der Waals surface area contributed by atoms with Gasteiger partial charge in [-0.2, -0.15) is 0 Å². The molecule has 0 aliphatic rings. The molecular formula is C25H22ClN3O3S. The molecule has 6 nitrogen and oxygen atoms in total. The molecule has 0 unspecified atom stereocenters. The van der Waals surface area contributed by atoms with Crippen molar-refractivity contribution in [1.29, 1.82) is 0 Å². The van der Waals surface area contributed by atoms with Crippen LogP contribution in [-0.4, -0.2) is 21.0 Å². The third-order valence-electron chi connectivity index (χ3n) is 5.03. The first-order valence-electron chi connectivity index (χ1n) is 10.2. The summed E-state index contributed by atoms with van der Waals surface area (Å²) in [5, 5.41) is 9.81. The third-order valence-corrected chi connectivity index (χ3v) is 6.32. The molecule has 4 rings (SSSR count). The summed E-state index contributed by atoms with van der Waals surface area (Å²) in [6, 6.07) is 23.6. The predicted octanol–water partition coefficient (Wildman–Crippen LogP) is 5.72. The molecule has 0 fully saturated rings. The first kappa shape index (κ1) is 22.9. The summed E-state index contributed by atoms with van der Waals surface area (Å²) in [6.07, 6.45) is 1.53. The van der Waals surface area contributed by atoms with Crippen LogP contribution in [0.5, 0.6) is 5.75 Å². The summed E-state index contributed by atoms with van der Waals surface area (Å²) in [5.74, 6) is -0.220. The number of ether oxygens (including phenoxy) is 1. The fourth-order valence-electron chi connectivity index (χ4n) is 3.11. The molecule has 1 aromatic heterocycles. The van der Waals surface area contributed by atoms with E-state index in [0.29, 0.717) is 22.9 Å². The van der Waals surface area contributed by atoms with E-state index in [9.17, 15) is 9.90 Å². The summed E-state index contributed by atoms with van der Waals surface area (Å²) in [6.45, 7) is 1.89. The van der Waals surface area contributed by atoms with E-state index in [2.05, 4.69) is 9.97 Å². The molecule has 0 saturated carbocycles. The smallest absolute Gasteiger partial charge is 0.331 e. The second kappa shape index (κ2) is 9.70. The Morgan fingerprint density at radius 2 is 1.88 bits per heavy atom. The Morgan fingerprint density at radius 3 is 2.61 bits per heavy atom. The van der Waals surface area contributed by atoms with Crippen molar-refractivity contribution in [2.45, 2.75) is 28.9 Å². The standard InChI is InChI=1S/C25H22ClN3O3S/c1-25(27,24(30)31)23-28-14-22(29-23)20-11-10-19(13-21(20)26)33-18-9-5-8-17(12-18)32-15-16-6-3-2-4-7-16/h2-14H,15,27H2,1H3,(H,28,29)(H,30,31)/t25-/m1/s1. The van der Waals surface area contributed by atoms with Gasteiger partial charge in [0.25, 0.3) is 0 Å². The molecule has 3 aromatic carbocycles. The van der Waals surface area contributed by atoms with E-state index < -0.39 is 11.5 Å². The molecule has 33 heavy (non-hydrogen) atoms. The number of halogens is 1. The van der Waals surface area contributed by atoms with Gasteiger partial charge in [0.1, 0.15) is 18.2 Å². The topological polar surface area (TPSA) is 101 Å². The van der Waals surface area contributed by atoms with E-state index in [1.807, 2.05) is 72.8 Å². The van der Waals surface area contributed by atoms with Crippen LogP contribution in [0.1, 0.15) is 18.3 Å². The molecule has 4 N–H and O–H groups in total. The van der Waals surface area contributed by atoms with Gasteiger partial charge in [-0.1, -0.05) is 65.8 Å². The van der Waals surface area contributed by atoms with Crippen molar-refractivity contribution >= 4 is 29.3 Å². The lowest BCUT2D eigenvalue weighted by Crippen LogP contribution is -2.42. The number of rotatable bonds is 8. The molecule has 4 aromatic rings. The number of benzene rings is 3. The highest BCUT2D eigenvalue weighted by atomic mass is 35.5. The van der Waals surface area contributed by atoms with Gasteiger partial charge in [0, 0.05) is 15.4 Å². The van der Waals surface area contributed by atoms with Crippen molar-refractivity contribution in [3.63, 3.8) is 0 Å². The number of nitrogens with two attached hydrogens (primary N) is 1. The number of carboxylic acid groups (broad SMARTS) is 1. The average molecular weight is 480 g/mol. The van der Waals surface area contributed by atoms with Crippen molar-refractivity contribution < 1.29 is 14.6 Å². The first-order chi connectivity index (χ1) is 15.8. The van der Waals surface area contributed by atoms with Gasteiger partial charge in [-0.05, 0) is 42.8 Å². The first-order valence-corrected chi connectivity index (χ1v) is 11.3. The number of nitrogens with one attached hydrogen (secondary N) is 1. The van der Waals surface area contributed by atoms with Gasteiger partial charge < -0.3 is 20.6 Å². The minimum Gasteiger partial charge on any atom is -0.489 e. The van der Waals surface area contributed by atoms with Gasteiger partial charge in [-0.3, -0.25) is 0 Å². The Hall–Kier alpha value is -3.26. The number of nitrogens with zero attached hydrogens (tertiary/aromatic N) is 1. The van der Waals surface area contributed by atoms with Gasteiger partial charge in [-0.15, -0.1) is 0 Å². The Bertz CT molecular complexity index is 1270. The van der Waals surface area contributed by atoms with Crippen molar-refractivity contribution in [1.82, 2.24) is 9.97 Å². The largest absolute Gasteiger partial charge is 0.489 e. The minimum absolute atomic E-state index is 0.159. The zero-order valence-corrected chi connectivity index (χ0v) is 19.4. The molecule has 0 bridgehead atoms. The predicted molar refractivity (Wildman–Crippen MR) is 130 cm³/mol. The van der Waals surface area contributed by atoms with Crippen LogP contribution in [0, 0.1) is 0 Å². The Balaban J connectivity index is 1.47. The Kier molecular flexibility index (Phi) is 6.74. The highest BCUT2D eigenvalue weighted by molar-refractivity contribution is 7.99. The summed E-state index contributed by atoms with van der Waals surface area (Å²) < 4.78 is 5.92. The number of H-pyrrole nitrogens is 1. The van der Waals surface area contributed by atoms with Crippen molar-refractivity contribution in [2.75, 3.05) is 0 Å². The molecule has 0 amide bonds. The molecule has 168 valence electrons. The van der Waals surface area contributed by atoms with E-state index >= 15 is 0 Å². The van der Waals surface area contributed by atoms with Gasteiger partial charge >= 0.3 is 5.97 Å². The lowest BCUT2D eigenvalue weighted by atomic mass is 10.0. The number of hydrogen-bond acceptors (Lipinski definition) is 5. The second-order valence-corrected chi connectivity index (χ2v) is 9.20. The molecule has 0 radical (unpaired) electrons. The number of hydrogen-bond donors (Lipinski definition) is 3. The molecule has 1 atom stereocenters. The lowest BCUT2D eigenvalue weighted by Gasteiger charge is -2.15. The van der Waals surface area contributed by atoms with Crippen LogP contribution in [0.15, 0.2) is 88.8 Å². The quantitative estimate of drug-likeness (QED) is 0.299. The summed E-state index contributed by atoms with van der Waals surface area (Å²) in [5.41, 5.74) is 6.65. The van der Waals surface area contributed by atoms with Gasteiger partial charge in [0.2, 0.25) is 0 Å². The van der Waals surface area contributed by atoms with E-state index in [-0.39, 0.29) is 5.82 Å². The van der Waals surface area contributed by atoms with Crippen molar-refractivity contribution in [3.8, 4) is 17.0 Å². The van der Waals surface area contributed by atoms with E-state index in [1.54, 1.807) is 11.8 Å². The van der Waals surface area contributed by atoms with Crippen LogP contribution >= 0.6 is 23.4 Å². The highest BCUT2D eigenvalue weighted by Crippen LogP contribution is 2.35. The van der Waals surface area contributed by atoms with Crippen molar-refractivity contribution in [2.24, 2.45) is 5.73 Å². The zero-order valence-electron chi connectivity index (χ0n) is 17.8. The van der Waals surface area contributed by atoms with Crippen LogP contribution in [0.4, 0.5) is 0 Å². The fourth-order valence-corrected chi connectivity index (χ4v) is 4.36. The van der Waals surface area contributed by atoms with Crippen LogP contribution in [0.2, 0.25) is 5.02 Å². The maximum absolute atomic E-state index is 11.4. The summed E-state index contributed by atoms with van der Waals surface area (Å²) in [7, 11) is 0. The van der Waals surface area contributed by atoms with Gasteiger partial charge in [0.05, 0.1) is 16.9 Å². The Morgan fingerprint density at radius 1 is 1.12 bits per heavy atom. The Labute approximate surface area is 200 Å². The molecule has 0 spiro atoms. The molecule has 0 aliphatic carbocycles. The fraction of sp³-hybridized carbons (Fsp3) is 0.120. The van der Waals surface area contributed by atoms with Crippen LogP contribution in [-0.2, 0) is 16.9 Å². The number of carboxylic acids is 1. The minimum atomic E-state index is -1.62. The highest BCUT2D eigenvalue weighted by Gasteiger charge is 2.33. The lowest BCUT2D eigenvalue weighted by molar-refractivity contribution is -0.143. The number of aromatic nitrogens is 2. The average Bonchev–Trinajstić information content (AvgIpc) is 3.29.